The first-order valence-electron chi connectivity index (χ1n) is 6.91. The molecule has 2 saturated heterocycles. The number of sulfonamides is 1. The van der Waals surface area contributed by atoms with Crippen LogP contribution in [0.15, 0.2) is 11.0 Å². The van der Waals surface area contributed by atoms with Gasteiger partial charge in [0.05, 0.1) is 0 Å². The molecule has 4 nitrogen and oxygen atoms in total. The van der Waals surface area contributed by atoms with Crippen LogP contribution in [0.3, 0.4) is 0 Å². The maximum atomic E-state index is 13.9. The molecule has 2 fully saturated rings. The Bertz CT molecular complexity index is 670. The van der Waals surface area contributed by atoms with Gasteiger partial charge in [-0.3, -0.25) is 0 Å². The van der Waals surface area contributed by atoms with Gasteiger partial charge in [-0.05, 0) is 25.8 Å². The summed E-state index contributed by atoms with van der Waals surface area (Å²) in [5, 5.41) is 3.04. The molecule has 2 bridgehead atoms. The van der Waals surface area contributed by atoms with Gasteiger partial charge in [-0.15, -0.1) is 0 Å². The van der Waals surface area contributed by atoms with Crippen molar-refractivity contribution in [2.24, 2.45) is 0 Å². The zero-order chi connectivity index (χ0) is 16.1. The van der Waals surface area contributed by atoms with Gasteiger partial charge in [-0.2, -0.15) is 4.31 Å². The smallest absolute Gasteiger partial charge is 0.249 e. The summed E-state index contributed by atoms with van der Waals surface area (Å²) in [6.45, 7) is 0.923. The molecular formula is C13H14F4N2O2S. The van der Waals surface area contributed by atoms with Gasteiger partial charge in [0, 0.05) is 24.7 Å². The fourth-order valence-electron chi connectivity index (χ4n) is 3.21. The van der Waals surface area contributed by atoms with Gasteiger partial charge < -0.3 is 5.32 Å². The lowest BCUT2D eigenvalue weighted by Crippen LogP contribution is -2.43. The first-order chi connectivity index (χ1) is 10.3. The lowest BCUT2D eigenvalue weighted by molar-refractivity contribution is 0.326. The molecule has 0 aliphatic carbocycles. The van der Waals surface area contributed by atoms with Gasteiger partial charge in [0.1, 0.15) is 0 Å². The molecule has 9 heteroatoms. The van der Waals surface area contributed by atoms with Crippen LogP contribution in [0.25, 0.3) is 0 Å². The Morgan fingerprint density at radius 3 is 2.23 bits per heavy atom. The van der Waals surface area contributed by atoms with Crippen LogP contribution in [-0.2, 0) is 10.0 Å². The topological polar surface area (TPSA) is 49.4 Å². The third kappa shape index (κ3) is 2.31. The summed E-state index contributed by atoms with van der Waals surface area (Å²) in [5.74, 6) is -7.21. The number of benzene rings is 1. The average molecular weight is 338 g/mol. The molecule has 0 spiro atoms. The van der Waals surface area contributed by atoms with Crippen molar-refractivity contribution in [2.75, 3.05) is 13.1 Å². The minimum atomic E-state index is -4.66. The van der Waals surface area contributed by atoms with Crippen molar-refractivity contribution >= 4 is 10.0 Å². The number of hydrogen-bond acceptors (Lipinski definition) is 3. The number of fused-ring (bicyclic) bond motifs is 2. The first-order valence-corrected chi connectivity index (χ1v) is 8.35. The quantitative estimate of drug-likeness (QED) is 0.660. The number of nitrogens with zero attached hydrogens (tertiary/aromatic N) is 1. The number of hydrogen-bond donors (Lipinski definition) is 1. The molecule has 0 aromatic heterocycles. The molecule has 1 aromatic carbocycles. The van der Waals surface area contributed by atoms with Crippen LogP contribution < -0.4 is 5.32 Å². The molecule has 2 unspecified atom stereocenters. The summed E-state index contributed by atoms with van der Waals surface area (Å²) in [5.41, 5.74) is 0. The monoisotopic (exact) mass is 338 g/mol. The molecule has 0 saturated carbocycles. The second kappa shape index (κ2) is 5.47. The molecule has 2 aliphatic heterocycles. The van der Waals surface area contributed by atoms with Crippen LogP contribution in [0.2, 0.25) is 0 Å². The van der Waals surface area contributed by atoms with Crippen LogP contribution in [0, 0.1) is 23.3 Å². The molecular weight excluding hydrogens is 324 g/mol. The molecule has 1 aromatic rings. The predicted octanol–water partition coefficient (Wildman–Crippen LogP) is 1.76. The highest BCUT2D eigenvalue weighted by molar-refractivity contribution is 7.89. The summed E-state index contributed by atoms with van der Waals surface area (Å²) in [7, 11) is -4.66. The third-order valence-corrected chi connectivity index (χ3v) is 6.22. The first kappa shape index (κ1) is 15.7. The Labute approximate surface area is 125 Å². The summed E-state index contributed by atoms with van der Waals surface area (Å²) in [6, 6.07) is -0.889. The van der Waals surface area contributed by atoms with E-state index in [0.717, 1.165) is 4.31 Å². The Morgan fingerprint density at radius 1 is 1.00 bits per heavy atom. The van der Waals surface area contributed by atoms with E-state index >= 15 is 0 Å². The maximum absolute atomic E-state index is 13.9. The molecule has 0 amide bonds. The summed E-state index contributed by atoms with van der Waals surface area (Å²) < 4.78 is 80.7. The standard InChI is InChI=1S/C13H14F4N2O2S/c14-9-5-10(15)12(17)13(11(9)16)22(20,21)19-7-1-2-8(19)6-18-4-3-7/h5,7-8,18H,1-4,6H2. The van der Waals surface area contributed by atoms with Crippen molar-refractivity contribution in [2.45, 2.75) is 36.2 Å². The van der Waals surface area contributed by atoms with Crippen molar-refractivity contribution < 1.29 is 26.0 Å². The van der Waals surface area contributed by atoms with Crippen molar-refractivity contribution in [1.82, 2.24) is 9.62 Å². The summed E-state index contributed by atoms with van der Waals surface area (Å²) >= 11 is 0. The molecule has 2 atom stereocenters. The molecule has 22 heavy (non-hydrogen) atoms. The van der Waals surface area contributed by atoms with Gasteiger partial charge in [0.2, 0.25) is 10.0 Å². The van der Waals surface area contributed by atoms with E-state index < -0.39 is 50.3 Å². The predicted molar refractivity (Wildman–Crippen MR) is 69.6 cm³/mol. The Morgan fingerprint density at radius 2 is 1.59 bits per heavy atom. The highest BCUT2D eigenvalue weighted by atomic mass is 32.2. The van der Waals surface area contributed by atoms with E-state index in [2.05, 4.69) is 5.32 Å². The molecule has 1 N–H and O–H groups in total. The van der Waals surface area contributed by atoms with E-state index in [4.69, 9.17) is 0 Å². The second-order valence-corrected chi connectivity index (χ2v) is 7.29. The van der Waals surface area contributed by atoms with Gasteiger partial charge in [-0.25, -0.2) is 26.0 Å². The zero-order valence-corrected chi connectivity index (χ0v) is 12.3. The van der Waals surface area contributed by atoms with Crippen LogP contribution in [-0.4, -0.2) is 37.9 Å². The number of halogens is 4. The third-order valence-electron chi connectivity index (χ3n) is 4.19. The zero-order valence-electron chi connectivity index (χ0n) is 11.5. The van der Waals surface area contributed by atoms with Gasteiger partial charge in [0.15, 0.2) is 28.2 Å². The molecule has 0 radical (unpaired) electrons. The van der Waals surface area contributed by atoms with E-state index in [1.807, 2.05) is 0 Å². The summed E-state index contributed by atoms with van der Waals surface area (Å²) in [6.07, 6.45) is 1.58. The van der Waals surface area contributed by atoms with E-state index in [1.165, 1.54) is 0 Å². The normalized spacial score (nSPS) is 26.2. The van der Waals surface area contributed by atoms with E-state index in [0.29, 0.717) is 32.4 Å². The average Bonchev–Trinajstić information content (AvgIpc) is 2.70. The molecule has 2 aliphatic rings. The van der Waals surface area contributed by atoms with E-state index in [-0.39, 0.29) is 6.07 Å². The minimum absolute atomic E-state index is 0.00226. The van der Waals surface area contributed by atoms with Crippen LogP contribution in [0.4, 0.5) is 17.6 Å². The largest absolute Gasteiger partial charge is 0.315 e. The lowest BCUT2D eigenvalue weighted by Gasteiger charge is -2.27. The molecule has 2 heterocycles. The lowest BCUT2D eigenvalue weighted by atomic mass is 10.1. The van der Waals surface area contributed by atoms with Crippen LogP contribution in [0.5, 0.6) is 0 Å². The highest BCUT2D eigenvalue weighted by Crippen LogP contribution is 2.36. The van der Waals surface area contributed by atoms with Crippen LogP contribution in [0.1, 0.15) is 19.3 Å². The SMILES string of the molecule is O=S(=O)(c1c(F)c(F)cc(F)c1F)N1C2CCNCC1CC2. The van der Waals surface area contributed by atoms with Crippen molar-refractivity contribution in [3.8, 4) is 0 Å². The molecule has 122 valence electrons. The fraction of sp³-hybridized carbons (Fsp3) is 0.538. The maximum Gasteiger partial charge on any atom is 0.249 e. The van der Waals surface area contributed by atoms with E-state index in [1.54, 1.807) is 0 Å². The van der Waals surface area contributed by atoms with Gasteiger partial charge in [-0.1, -0.05) is 0 Å². The minimum Gasteiger partial charge on any atom is -0.315 e. The second-order valence-electron chi connectivity index (χ2n) is 5.51. The number of nitrogens with one attached hydrogen (secondary N) is 1. The number of rotatable bonds is 2. The fourth-order valence-corrected chi connectivity index (χ4v) is 5.25. The molecule has 3 rings (SSSR count). The highest BCUT2D eigenvalue weighted by Gasteiger charge is 2.45. The Balaban J connectivity index is 2.15. The van der Waals surface area contributed by atoms with Gasteiger partial charge in [0.25, 0.3) is 0 Å². The van der Waals surface area contributed by atoms with E-state index in [9.17, 15) is 26.0 Å². The van der Waals surface area contributed by atoms with Crippen molar-refractivity contribution in [1.29, 1.82) is 0 Å². The Kier molecular flexibility index (Phi) is 3.90. The Hall–Kier alpha value is -1.19. The van der Waals surface area contributed by atoms with Crippen molar-refractivity contribution in [3.05, 3.63) is 29.3 Å². The van der Waals surface area contributed by atoms with Crippen molar-refractivity contribution in [3.63, 3.8) is 0 Å². The van der Waals surface area contributed by atoms with Gasteiger partial charge >= 0.3 is 0 Å². The summed E-state index contributed by atoms with van der Waals surface area (Å²) in [4.78, 5) is -1.54. The van der Waals surface area contributed by atoms with Crippen LogP contribution >= 0.6 is 0 Å².